The lowest BCUT2D eigenvalue weighted by atomic mass is 9.97. The van der Waals surface area contributed by atoms with Crippen molar-refractivity contribution in [2.24, 2.45) is 0 Å². The molecular formula is C67H127NO13. The fraction of sp³-hybridized carbons (Fsp3) is 0.925. The molecule has 478 valence electrons. The third kappa shape index (κ3) is 37.6. The van der Waals surface area contributed by atoms with E-state index in [0.29, 0.717) is 12.8 Å². The average molecular weight is 1150 g/mol. The van der Waals surface area contributed by atoms with Crippen LogP contribution >= 0.6 is 0 Å². The summed E-state index contributed by atoms with van der Waals surface area (Å²) in [5.74, 6) is -0.207. The first-order valence-electron chi connectivity index (χ1n) is 34.1. The van der Waals surface area contributed by atoms with Gasteiger partial charge in [-0.05, 0) is 44.9 Å². The van der Waals surface area contributed by atoms with Gasteiger partial charge in [-0.1, -0.05) is 276 Å². The summed E-state index contributed by atoms with van der Waals surface area (Å²) >= 11 is 0. The van der Waals surface area contributed by atoms with E-state index >= 15 is 0 Å². The number of carbonyl (C=O) groups excluding carboxylic acids is 1. The summed E-state index contributed by atoms with van der Waals surface area (Å²) in [6.07, 6.45) is 47.5. The lowest BCUT2D eigenvalue weighted by Crippen LogP contribution is -2.65. The van der Waals surface area contributed by atoms with E-state index in [1.54, 1.807) is 0 Å². The molecule has 0 aliphatic carbocycles. The van der Waals surface area contributed by atoms with Gasteiger partial charge < -0.3 is 65.1 Å². The Kier molecular flexibility index (Phi) is 49.2. The summed E-state index contributed by atoms with van der Waals surface area (Å²) in [6, 6.07) is -0.831. The molecule has 14 nitrogen and oxygen atoms in total. The summed E-state index contributed by atoms with van der Waals surface area (Å²) < 4.78 is 22.9. The molecule has 2 fully saturated rings. The van der Waals surface area contributed by atoms with Gasteiger partial charge in [-0.2, -0.15) is 0 Å². The third-order valence-corrected chi connectivity index (χ3v) is 16.9. The molecule has 0 aromatic heterocycles. The molecule has 9 N–H and O–H groups in total. The van der Waals surface area contributed by atoms with Crippen molar-refractivity contribution in [2.75, 3.05) is 19.8 Å². The molecule has 1 amide bonds. The molecule has 81 heavy (non-hydrogen) atoms. The number of ether oxygens (including phenoxy) is 4. The van der Waals surface area contributed by atoms with Gasteiger partial charge in [0.05, 0.1) is 32.0 Å². The number of carbonyl (C=O) groups is 1. The zero-order valence-corrected chi connectivity index (χ0v) is 51.8. The molecule has 0 radical (unpaired) electrons. The number of allylic oxidation sites excluding steroid dienone is 4. The van der Waals surface area contributed by atoms with Crippen LogP contribution in [0.4, 0.5) is 0 Å². The van der Waals surface area contributed by atoms with E-state index < -0.39 is 86.8 Å². The molecule has 0 bridgehead atoms. The highest BCUT2D eigenvalue weighted by molar-refractivity contribution is 5.76. The standard InChI is InChI=1S/C67H127NO13/c1-3-5-7-9-11-13-15-17-19-21-23-25-26-27-28-29-31-32-34-36-38-40-42-44-46-48-50-56(71)55(54-78-66-64(77)62(75)65(58(53-70)80-66)81-67-63(76)61(74)60(73)57(52-69)79-67)68-59(72)51-49-47-45-43-41-39-37-35-33-30-24-22-20-18-16-14-12-10-8-6-4-2/h16,18,22,24,55-58,60-67,69-71,73-77H,3-15,17,19-21,23,25-54H2,1-2H3,(H,68,72)/b18-16-,24-22-. The number of unbranched alkanes of at least 4 members (excludes halogenated alkanes) is 39. The van der Waals surface area contributed by atoms with Gasteiger partial charge in [0.2, 0.25) is 5.91 Å². The summed E-state index contributed by atoms with van der Waals surface area (Å²) in [7, 11) is 0. The Morgan fingerprint density at radius 2 is 0.815 bits per heavy atom. The van der Waals surface area contributed by atoms with Crippen molar-refractivity contribution in [3.63, 3.8) is 0 Å². The van der Waals surface area contributed by atoms with E-state index in [-0.39, 0.29) is 12.5 Å². The van der Waals surface area contributed by atoms with Crippen molar-refractivity contribution in [1.82, 2.24) is 5.32 Å². The summed E-state index contributed by atoms with van der Waals surface area (Å²) in [5.41, 5.74) is 0. The Labute approximate surface area is 494 Å². The lowest BCUT2D eigenvalue weighted by molar-refractivity contribution is -0.359. The molecule has 0 spiro atoms. The fourth-order valence-corrected chi connectivity index (χ4v) is 11.4. The van der Waals surface area contributed by atoms with Crippen LogP contribution in [0.25, 0.3) is 0 Å². The maximum atomic E-state index is 13.3. The van der Waals surface area contributed by atoms with Crippen LogP contribution in [0.3, 0.4) is 0 Å². The van der Waals surface area contributed by atoms with Crippen molar-refractivity contribution in [3.8, 4) is 0 Å². The van der Waals surface area contributed by atoms with Crippen molar-refractivity contribution >= 4 is 5.91 Å². The molecule has 14 heteroatoms. The van der Waals surface area contributed by atoms with Gasteiger partial charge >= 0.3 is 0 Å². The molecule has 2 rings (SSSR count). The Balaban J connectivity index is 1.69. The summed E-state index contributed by atoms with van der Waals surface area (Å²) in [4.78, 5) is 13.3. The Morgan fingerprint density at radius 3 is 1.23 bits per heavy atom. The van der Waals surface area contributed by atoms with E-state index in [0.717, 1.165) is 64.2 Å². The number of hydrogen-bond donors (Lipinski definition) is 9. The number of hydrogen-bond acceptors (Lipinski definition) is 13. The van der Waals surface area contributed by atoms with Crippen LogP contribution in [0, 0.1) is 0 Å². The van der Waals surface area contributed by atoms with Gasteiger partial charge in [0, 0.05) is 6.42 Å². The second-order valence-electron chi connectivity index (χ2n) is 24.3. The number of amides is 1. The predicted octanol–water partition coefficient (Wildman–Crippen LogP) is 13.2. The maximum absolute atomic E-state index is 13.3. The van der Waals surface area contributed by atoms with Crippen LogP contribution < -0.4 is 5.32 Å². The van der Waals surface area contributed by atoms with Gasteiger partial charge in [0.1, 0.15) is 48.8 Å². The Bertz CT molecular complexity index is 1450. The van der Waals surface area contributed by atoms with Gasteiger partial charge in [0.25, 0.3) is 0 Å². The smallest absolute Gasteiger partial charge is 0.220 e. The molecule has 0 aromatic carbocycles. The van der Waals surface area contributed by atoms with Crippen LogP contribution in [-0.2, 0) is 23.7 Å². The molecule has 2 heterocycles. The Hall–Kier alpha value is -1.53. The van der Waals surface area contributed by atoms with Crippen LogP contribution in [0.2, 0.25) is 0 Å². The Morgan fingerprint density at radius 1 is 0.444 bits per heavy atom. The van der Waals surface area contributed by atoms with E-state index in [9.17, 15) is 45.6 Å². The number of nitrogens with one attached hydrogen (secondary N) is 1. The second kappa shape index (κ2) is 52.8. The SMILES string of the molecule is CCCCCCC/C=C\C/C=C\CCCCCCCCCCCC(=O)NC(COC1OC(CO)C(OC2OC(CO)C(O)C(O)C2O)C(O)C1O)C(O)CCCCCCCCCCCCCCCCCCCCCCCCCCCC. The van der Waals surface area contributed by atoms with E-state index in [4.69, 9.17) is 18.9 Å². The van der Waals surface area contributed by atoms with Crippen molar-refractivity contribution < 1.29 is 64.6 Å². The molecule has 12 unspecified atom stereocenters. The van der Waals surface area contributed by atoms with Crippen molar-refractivity contribution in [2.45, 2.75) is 376 Å². The lowest BCUT2D eigenvalue weighted by Gasteiger charge is -2.46. The molecule has 0 aromatic rings. The molecule has 0 saturated carbocycles. The van der Waals surface area contributed by atoms with Crippen LogP contribution in [-0.4, -0.2) is 140 Å². The zero-order chi connectivity index (χ0) is 58.8. The van der Waals surface area contributed by atoms with Gasteiger partial charge in [-0.15, -0.1) is 0 Å². The second-order valence-corrected chi connectivity index (χ2v) is 24.3. The number of rotatable bonds is 56. The normalized spacial score (nSPS) is 24.2. The predicted molar refractivity (Wildman–Crippen MR) is 328 cm³/mol. The fourth-order valence-electron chi connectivity index (χ4n) is 11.4. The largest absolute Gasteiger partial charge is 0.394 e. The van der Waals surface area contributed by atoms with E-state index in [2.05, 4.69) is 43.5 Å². The highest BCUT2D eigenvalue weighted by Gasteiger charge is 2.51. The minimum Gasteiger partial charge on any atom is -0.394 e. The summed E-state index contributed by atoms with van der Waals surface area (Å²) in [6.45, 7) is 2.89. The minimum absolute atomic E-state index is 0.207. The molecule has 12 atom stereocenters. The quantitative estimate of drug-likeness (QED) is 0.0204. The highest BCUT2D eigenvalue weighted by Crippen LogP contribution is 2.30. The molecular weight excluding hydrogens is 1030 g/mol. The molecule has 2 saturated heterocycles. The molecule has 2 aliphatic rings. The van der Waals surface area contributed by atoms with Crippen LogP contribution in [0.15, 0.2) is 24.3 Å². The number of aliphatic hydroxyl groups is 8. The van der Waals surface area contributed by atoms with Gasteiger partial charge in [-0.3, -0.25) is 4.79 Å². The maximum Gasteiger partial charge on any atom is 0.220 e. The monoisotopic (exact) mass is 1150 g/mol. The van der Waals surface area contributed by atoms with E-state index in [1.807, 2.05) is 0 Å². The van der Waals surface area contributed by atoms with Gasteiger partial charge in [0.15, 0.2) is 12.6 Å². The number of aliphatic hydroxyl groups excluding tert-OH is 8. The van der Waals surface area contributed by atoms with Crippen LogP contribution in [0.1, 0.15) is 303 Å². The highest BCUT2D eigenvalue weighted by atomic mass is 16.7. The molecule has 2 aliphatic heterocycles. The first kappa shape index (κ1) is 75.6. The van der Waals surface area contributed by atoms with Crippen molar-refractivity contribution in [1.29, 1.82) is 0 Å². The first-order chi connectivity index (χ1) is 39.6. The van der Waals surface area contributed by atoms with Crippen LogP contribution in [0.5, 0.6) is 0 Å². The van der Waals surface area contributed by atoms with E-state index in [1.165, 1.54) is 212 Å². The van der Waals surface area contributed by atoms with Crippen molar-refractivity contribution in [3.05, 3.63) is 24.3 Å². The minimum atomic E-state index is -1.78. The third-order valence-electron chi connectivity index (χ3n) is 16.9. The van der Waals surface area contributed by atoms with Gasteiger partial charge in [-0.25, -0.2) is 0 Å². The average Bonchev–Trinajstić information content (AvgIpc) is 3.47. The topological polar surface area (TPSA) is 228 Å². The first-order valence-corrected chi connectivity index (χ1v) is 34.1. The zero-order valence-electron chi connectivity index (χ0n) is 51.8. The summed E-state index contributed by atoms with van der Waals surface area (Å²) in [5, 5.41) is 87.5.